The Morgan fingerprint density at radius 3 is 2.58 bits per heavy atom. The second-order valence-corrected chi connectivity index (χ2v) is 7.70. The molecule has 0 bridgehead atoms. The Morgan fingerprint density at radius 2 is 1.81 bits per heavy atom. The van der Waals surface area contributed by atoms with E-state index >= 15 is 0 Å². The molecule has 1 heterocycles. The van der Waals surface area contributed by atoms with Gasteiger partial charge in [-0.3, -0.25) is 9.36 Å². The Labute approximate surface area is 187 Å². The Hall–Kier alpha value is -3.51. The number of fused-ring (bicyclic) bond motifs is 1. The molecule has 4 aromatic rings. The van der Waals surface area contributed by atoms with Crippen LogP contribution in [0.5, 0.6) is 0 Å². The standard InChI is InChI=1S/C25H19BrN2O3/c1-2-31-25(30)18-6-5-7-20(16-18)28-23(15-12-17-10-13-19(26)14-11-17)27-22-9-4-3-8-21(22)24(28)29/h3-16H,2H2,1H3/b15-12+. The maximum absolute atomic E-state index is 13.4. The maximum atomic E-state index is 13.4. The number of ether oxygens (including phenoxy) is 1. The smallest absolute Gasteiger partial charge is 0.338 e. The van der Waals surface area contributed by atoms with Crippen molar-refractivity contribution in [3.05, 3.63) is 105 Å². The molecule has 0 radical (unpaired) electrons. The van der Waals surface area contributed by atoms with Gasteiger partial charge in [0.15, 0.2) is 0 Å². The predicted molar refractivity (Wildman–Crippen MR) is 126 cm³/mol. The molecule has 0 N–H and O–H groups in total. The van der Waals surface area contributed by atoms with Crippen LogP contribution in [0, 0.1) is 0 Å². The Morgan fingerprint density at radius 1 is 1.03 bits per heavy atom. The lowest BCUT2D eigenvalue weighted by Gasteiger charge is -2.12. The summed E-state index contributed by atoms with van der Waals surface area (Å²) in [5.74, 6) is 0.0331. The van der Waals surface area contributed by atoms with E-state index in [0.717, 1.165) is 10.0 Å². The lowest BCUT2D eigenvalue weighted by molar-refractivity contribution is 0.0526. The van der Waals surface area contributed by atoms with Gasteiger partial charge in [-0.1, -0.05) is 52.3 Å². The summed E-state index contributed by atoms with van der Waals surface area (Å²) in [5.41, 5.74) is 2.30. The molecule has 0 amide bonds. The normalized spacial score (nSPS) is 11.2. The molecular formula is C25H19BrN2O3. The average Bonchev–Trinajstić information content (AvgIpc) is 2.79. The zero-order valence-electron chi connectivity index (χ0n) is 16.8. The molecule has 31 heavy (non-hydrogen) atoms. The highest BCUT2D eigenvalue weighted by Crippen LogP contribution is 2.18. The van der Waals surface area contributed by atoms with Crippen molar-refractivity contribution in [1.29, 1.82) is 0 Å². The number of hydrogen-bond donors (Lipinski definition) is 0. The van der Waals surface area contributed by atoms with Gasteiger partial charge < -0.3 is 4.74 Å². The number of benzene rings is 3. The molecular weight excluding hydrogens is 456 g/mol. The molecule has 0 saturated carbocycles. The molecule has 6 heteroatoms. The summed E-state index contributed by atoms with van der Waals surface area (Å²) in [7, 11) is 0. The zero-order valence-corrected chi connectivity index (χ0v) is 18.4. The molecule has 0 unspecified atom stereocenters. The van der Waals surface area contributed by atoms with Gasteiger partial charge in [-0.15, -0.1) is 0 Å². The minimum absolute atomic E-state index is 0.206. The average molecular weight is 475 g/mol. The summed E-state index contributed by atoms with van der Waals surface area (Å²) < 4.78 is 7.61. The fourth-order valence-corrected chi connectivity index (χ4v) is 3.51. The van der Waals surface area contributed by atoms with Crippen LogP contribution in [0.15, 0.2) is 82.1 Å². The Kier molecular flexibility index (Phi) is 6.09. The largest absolute Gasteiger partial charge is 0.462 e. The van der Waals surface area contributed by atoms with Crippen molar-refractivity contribution in [2.24, 2.45) is 0 Å². The first kappa shape index (κ1) is 20.8. The van der Waals surface area contributed by atoms with E-state index in [0.29, 0.717) is 28.0 Å². The highest BCUT2D eigenvalue weighted by molar-refractivity contribution is 9.10. The first-order chi connectivity index (χ1) is 15.1. The van der Waals surface area contributed by atoms with Crippen LogP contribution in [0.4, 0.5) is 0 Å². The molecule has 0 aliphatic heterocycles. The van der Waals surface area contributed by atoms with Crippen LogP contribution in [-0.4, -0.2) is 22.1 Å². The SMILES string of the molecule is CCOC(=O)c1cccc(-n2c(/C=C/c3ccc(Br)cc3)nc3ccccc3c2=O)c1. The number of halogens is 1. The van der Waals surface area contributed by atoms with E-state index in [2.05, 4.69) is 15.9 Å². The van der Waals surface area contributed by atoms with Gasteiger partial charge in [0, 0.05) is 4.47 Å². The summed E-state index contributed by atoms with van der Waals surface area (Å²) in [6.45, 7) is 2.03. The number of para-hydroxylation sites is 1. The number of hydrogen-bond acceptors (Lipinski definition) is 4. The molecule has 0 aliphatic rings. The molecule has 1 aromatic heterocycles. The van der Waals surface area contributed by atoms with Gasteiger partial charge in [0.25, 0.3) is 5.56 Å². The van der Waals surface area contributed by atoms with Crippen molar-refractivity contribution in [2.75, 3.05) is 6.61 Å². The van der Waals surface area contributed by atoms with Gasteiger partial charge in [0.1, 0.15) is 5.82 Å². The van der Waals surface area contributed by atoms with Crippen LogP contribution in [0.3, 0.4) is 0 Å². The van der Waals surface area contributed by atoms with E-state index in [1.54, 1.807) is 43.3 Å². The van der Waals surface area contributed by atoms with Crippen LogP contribution >= 0.6 is 15.9 Å². The first-order valence-corrected chi connectivity index (χ1v) is 10.6. The highest BCUT2D eigenvalue weighted by Gasteiger charge is 2.13. The van der Waals surface area contributed by atoms with Gasteiger partial charge in [0.05, 0.1) is 28.8 Å². The van der Waals surface area contributed by atoms with Gasteiger partial charge in [-0.25, -0.2) is 9.78 Å². The first-order valence-electron chi connectivity index (χ1n) is 9.80. The Bertz CT molecular complexity index is 1340. The number of rotatable bonds is 5. The van der Waals surface area contributed by atoms with Crippen molar-refractivity contribution < 1.29 is 9.53 Å². The minimum Gasteiger partial charge on any atom is -0.462 e. The molecule has 154 valence electrons. The van der Waals surface area contributed by atoms with Crippen molar-refractivity contribution in [3.63, 3.8) is 0 Å². The van der Waals surface area contributed by atoms with E-state index in [1.165, 1.54) is 4.57 Å². The van der Waals surface area contributed by atoms with Crippen LogP contribution < -0.4 is 5.56 Å². The molecule has 0 fully saturated rings. The van der Waals surface area contributed by atoms with Gasteiger partial charge in [-0.2, -0.15) is 0 Å². The predicted octanol–water partition coefficient (Wildman–Crippen LogP) is 5.50. The van der Waals surface area contributed by atoms with Gasteiger partial charge in [0.2, 0.25) is 0 Å². The van der Waals surface area contributed by atoms with Crippen molar-refractivity contribution in [1.82, 2.24) is 9.55 Å². The molecule has 3 aromatic carbocycles. The van der Waals surface area contributed by atoms with Crippen LogP contribution in [0.25, 0.3) is 28.7 Å². The number of nitrogens with zero attached hydrogens (tertiary/aromatic N) is 2. The molecule has 5 nitrogen and oxygen atoms in total. The van der Waals surface area contributed by atoms with Crippen LogP contribution in [0.2, 0.25) is 0 Å². The fraction of sp³-hybridized carbons (Fsp3) is 0.0800. The molecule has 0 spiro atoms. The third-order valence-electron chi connectivity index (χ3n) is 4.71. The number of aromatic nitrogens is 2. The lowest BCUT2D eigenvalue weighted by atomic mass is 10.1. The topological polar surface area (TPSA) is 61.2 Å². The number of esters is 1. The summed E-state index contributed by atoms with van der Waals surface area (Å²) in [6, 6.07) is 21.9. The summed E-state index contributed by atoms with van der Waals surface area (Å²) in [5, 5.41) is 0.504. The van der Waals surface area contributed by atoms with Crippen molar-refractivity contribution >= 4 is 45.0 Å². The quantitative estimate of drug-likeness (QED) is 0.358. The second kappa shape index (κ2) is 9.10. The van der Waals surface area contributed by atoms with E-state index in [1.807, 2.05) is 48.5 Å². The Balaban J connectivity index is 1.89. The molecule has 0 aliphatic carbocycles. The van der Waals surface area contributed by atoms with E-state index in [4.69, 9.17) is 9.72 Å². The summed E-state index contributed by atoms with van der Waals surface area (Å²) in [6.07, 6.45) is 3.70. The summed E-state index contributed by atoms with van der Waals surface area (Å²) in [4.78, 5) is 30.3. The monoisotopic (exact) mass is 474 g/mol. The highest BCUT2D eigenvalue weighted by atomic mass is 79.9. The van der Waals surface area contributed by atoms with Gasteiger partial charge >= 0.3 is 5.97 Å². The molecule has 0 saturated heterocycles. The van der Waals surface area contributed by atoms with E-state index in [9.17, 15) is 9.59 Å². The fourth-order valence-electron chi connectivity index (χ4n) is 3.24. The van der Waals surface area contributed by atoms with E-state index in [-0.39, 0.29) is 12.2 Å². The number of carbonyl (C=O) groups excluding carboxylic acids is 1. The van der Waals surface area contributed by atoms with Crippen LogP contribution in [-0.2, 0) is 4.74 Å². The summed E-state index contributed by atoms with van der Waals surface area (Å²) >= 11 is 3.43. The maximum Gasteiger partial charge on any atom is 0.338 e. The molecule has 0 atom stereocenters. The van der Waals surface area contributed by atoms with E-state index < -0.39 is 5.97 Å². The minimum atomic E-state index is -0.432. The third-order valence-corrected chi connectivity index (χ3v) is 5.24. The van der Waals surface area contributed by atoms with Crippen molar-refractivity contribution in [3.8, 4) is 5.69 Å². The van der Waals surface area contributed by atoms with Crippen LogP contribution in [0.1, 0.15) is 28.7 Å². The van der Waals surface area contributed by atoms with Gasteiger partial charge in [-0.05, 0) is 61.0 Å². The number of carbonyl (C=O) groups is 1. The third kappa shape index (κ3) is 4.49. The van der Waals surface area contributed by atoms with Crippen molar-refractivity contribution in [2.45, 2.75) is 6.92 Å². The molecule has 4 rings (SSSR count). The lowest BCUT2D eigenvalue weighted by Crippen LogP contribution is -2.22. The zero-order chi connectivity index (χ0) is 21.8. The second-order valence-electron chi connectivity index (χ2n) is 6.78.